The number of anilines is 1. The molecule has 1 aliphatic rings. The van der Waals surface area contributed by atoms with Crippen molar-refractivity contribution in [1.82, 2.24) is 10.2 Å². The number of benzene rings is 1. The second kappa shape index (κ2) is 4.05. The summed E-state index contributed by atoms with van der Waals surface area (Å²) in [4.78, 5) is 2.32. The minimum absolute atomic E-state index is 0.224. The number of likely N-dealkylation sites (N-methyl/N-ethyl adjacent to an activating group) is 1. The van der Waals surface area contributed by atoms with E-state index in [4.69, 9.17) is 0 Å². The summed E-state index contributed by atoms with van der Waals surface area (Å²) >= 11 is 0. The fraction of sp³-hybridized carbons (Fsp3) is 0.375. The molecule has 0 spiro atoms. The lowest BCUT2D eigenvalue weighted by Crippen LogP contribution is -2.24. The van der Waals surface area contributed by atoms with Gasteiger partial charge in [0.2, 0.25) is 0 Å². The average molecular weight is 253 g/mol. The van der Waals surface area contributed by atoms with Crippen molar-refractivity contribution in [2.45, 2.75) is 26.2 Å². The zero-order valence-corrected chi connectivity index (χ0v) is 11.9. The van der Waals surface area contributed by atoms with Crippen molar-refractivity contribution in [3.05, 3.63) is 41.6 Å². The van der Waals surface area contributed by atoms with Crippen LogP contribution in [0.25, 0.3) is 11.3 Å². The zero-order valence-electron chi connectivity index (χ0n) is 11.9. The molecule has 2 aromatic rings. The summed E-state index contributed by atoms with van der Waals surface area (Å²) in [5.41, 5.74) is 5.97. The van der Waals surface area contributed by atoms with E-state index in [9.17, 15) is 0 Å². The SMILES string of the molecule is Cc1ccc(-c2ccc3c(c2)N(C)CC3(C)C)nn1. The molecule has 1 aromatic heterocycles. The topological polar surface area (TPSA) is 29.0 Å². The van der Waals surface area contributed by atoms with Crippen LogP contribution in [-0.2, 0) is 5.41 Å². The zero-order chi connectivity index (χ0) is 13.6. The Morgan fingerprint density at radius 3 is 2.58 bits per heavy atom. The van der Waals surface area contributed by atoms with Crippen LogP contribution < -0.4 is 4.90 Å². The highest BCUT2D eigenvalue weighted by atomic mass is 15.1. The van der Waals surface area contributed by atoms with Gasteiger partial charge in [-0.1, -0.05) is 26.0 Å². The third-order valence-electron chi connectivity index (χ3n) is 3.86. The Kier molecular flexibility index (Phi) is 2.59. The average Bonchev–Trinajstić information content (AvgIpc) is 2.60. The summed E-state index contributed by atoms with van der Waals surface area (Å²) in [6, 6.07) is 10.6. The fourth-order valence-corrected chi connectivity index (χ4v) is 2.90. The van der Waals surface area contributed by atoms with Gasteiger partial charge in [0.1, 0.15) is 0 Å². The Balaban J connectivity index is 2.08. The highest BCUT2D eigenvalue weighted by molar-refractivity contribution is 5.71. The quantitative estimate of drug-likeness (QED) is 0.781. The molecule has 19 heavy (non-hydrogen) atoms. The summed E-state index contributed by atoms with van der Waals surface area (Å²) in [5, 5.41) is 8.40. The first kappa shape index (κ1) is 12.2. The Hall–Kier alpha value is -1.90. The minimum atomic E-state index is 0.224. The van der Waals surface area contributed by atoms with Crippen molar-refractivity contribution >= 4 is 5.69 Å². The molecule has 1 aliphatic heterocycles. The smallest absolute Gasteiger partial charge is 0.0930 e. The minimum Gasteiger partial charge on any atom is -0.373 e. The molecule has 3 nitrogen and oxygen atoms in total. The molecule has 0 fully saturated rings. The molecule has 0 amide bonds. The van der Waals surface area contributed by atoms with Crippen LogP contribution in [0.1, 0.15) is 25.1 Å². The van der Waals surface area contributed by atoms with Gasteiger partial charge in [-0.05, 0) is 30.7 Å². The van der Waals surface area contributed by atoms with E-state index in [1.54, 1.807) is 0 Å². The van der Waals surface area contributed by atoms with Gasteiger partial charge in [-0.3, -0.25) is 0 Å². The van der Waals surface area contributed by atoms with Gasteiger partial charge in [-0.15, -0.1) is 0 Å². The Labute approximate surface area is 114 Å². The standard InChI is InChI=1S/C16H19N3/c1-11-5-8-14(18-17-11)12-6-7-13-15(9-12)19(4)10-16(13,2)3/h5-9H,10H2,1-4H3. The number of rotatable bonds is 1. The predicted molar refractivity (Wildman–Crippen MR) is 78.5 cm³/mol. The lowest BCUT2D eigenvalue weighted by atomic mass is 9.86. The van der Waals surface area contributed by atoms with Crippen molar-refractivity contribution in [2.24, 2.45) is 0 Å². The van der Waals surface area contributed by atoms with E-state index in [0.29, 0.717) is 0 Å². The van der Waals surface area contributed by atoms with Crippen molar-refractivity contribution in [2.75, 3.05) is 18.5 Å². The Morgan fingerprint density at radius 1 is 1.11 bits per heavy atom. The highest BCUT2D eigenvalue weighted by Crippen LogP contribution is 2.41. The highest BCUT2D eigenvalue weighted by Gasteiger charge is 2.33. The summed E-state index contributed by atoms with van der Waals surface area (Å²) in [7, 11) is 2.15. The molecular formula is C16H19N3. The van der Waals surface area contributed by atoms with E-state index in [1.165, 1.54) is 11.3 Å². The summed E-state index contributed by atoms with van der Waals surface area (Å²) < 4.78 is 0. The number of fused-ring (bicyclic) bond motifs is 1. The fourth-order valence-electron chi connectivity index (χ4n) is 2.90. The van der Waals surface area contributed by atoms with E-state index >= 15 is 0 Å². The molecule has 0 radical (unpaired) electrons. The van der Waals surface area contributed by atoms with Crippen molar-refractivity contribution < 1.29 is 0 Å². The monoisotopic (exact) mass is 253 g/mol. The normalized spacial score (nSPS) is 16.5. The lowest BCUT2D eigenvalue weighted by molar-refractivity contribution is 0.563. The molecule has 0 saturated heterocycles. The molecule has 98 valence electrons. The third kappa shape index (κ3) is 1.99. The molecule has 3 heteroatoms. The summed E-state index contributed by atoms with van der Waals surface area (Å²) in [6.07, 6.45) is 0. The van der Waals surface area contributed by atoms with Gasteiger partial charge in [0.15, 0.2) is 0 Å². The van der Waals surface area contributed by atoms with E-state index in [0.717, 1.165) is 23.5 Å². The van der Waals surface area contributed by atoms with Gasteiger partial charge in [-0.2, -0.15) is 10.2 Å². The number of nitrogens with zero attached hydrogens (tertiary/aromatic N) is 3. The largest absolute Gasteiger partial charge is 0.373 e. The number of aryl methyl sites for hydroxylation is 1. The first-order valence-electron chi connectivity index (χ1n) is 6.64. The van der Waals surface area contributed by atoms with E-state index in [1.807, 2.05) is 19.1 Å². The molecule has 0 saturated carbocycles. The second-order valence-corrected chi connectivity index (χ2v) is 6.03. The molecule has 3 rings (SSSR count). The van der Waals surface area contributed by atoms with Gasteiger partial charge in [-0.25, -0.2) is 0 Å². The van der Waals surface area contributed by atoms with Crippen molar-refractivity contribution in [3.8, 4) is 11.3 Å². The number of hydrogen-bond acceptors (Lipinski definition) is 3. The van der Waals surface area contributed by atoms with Gasteiger partial charge in [0.25, 0.3) is 0 Å². The lowest BCUT2D eigenvalue weighted by Gasteiger charge is -2.18. The number of hydrogen-bond donors (Lipinski definition) is 0. The van der Waals surface area contributed by atoms with Crippen LogP contribution in [0.2, 0.25) is 0 Å². The van der Waals surface area contributed by atoms with Gasteiger partial charge in [0.05, 0.1) is 11.4 Å². The molecule has 0 aliphatic carbocycles. The Bertz CT molecular complexity index is 614. The maximum absolute atomic E-state index is 4.27. The first-order valence-corrected chi connectivity index (χ1v) is 6.64. The molecular weight excluding hydrogens is 234 g/mol. The molecule has 0 N–H and O–H groups in total. The molecule has 0 bridgehead atoms. The third-order valence-corrected chi connectivity index (χ3v) is 3.86. The van der Waals surface area contributed by atoms with E-state index in [2.05, 4.69) is 54.2 Å². The van der Waals surface area contributed by atoms with Crippen LogP contribution in [0.15, 0.2) is 30.3 Å². The summed E-state index contributed by atoms with van der Waals surface area (Å²) in [5.74, 6) is 0. The number of aromatic nitrogens is 2. The van der Waals surface area contributed by atoms with Gasteiger partial charge < -0.3 is 4.90 Å². The van der Waals surface area contributed by atoms with Crippen molar-refractivity contribution in [1.29, 1.82) is 0 Å². The van der Waals surface area contributed by atoms with E-state index < -0.39 is 0 Å². The predicted octanol–water partition coefficient (Wildman–Crippen LogP) is 3.18. The van der Waals surface area contributed by atoms with Crippen LogP contribution >= 0.6 is 0 Å². The van der Waals surface area contributed by atoms with Crippen LogP contribution in [0.4, 0.5) is 5.69 Å². The first-order chi connectivity index (χ1) is 8.97. The van der Waals surface area contributed by atoms with Crippen molar-refractivity contribution in [3.63, 3.8) is 0 Å². The maximum atomic E-state index is 4.27. The molecule has 2 heterocycles. The molecule has 1 aromatic carbocycles. The molecule has 0 atom stereocenters. The maximum Gasteiger partial charge on any atom is 0.0930 e. The molecule has 0 unspecified atom stereocenters. The van der Waals surface area contributed by atoms with Crippen LogP contribution in [0, 0.1) is 6.92 Å². The van der Waals surface area contributed by atoms with E-state index in [-0.39, 0.29) is 5.41 Å². The summed E-state index contributed by atoms with van der Waals surface area (Å²) in [6.45, 7) is 7.60. The van der Waals surface area contributed by atoms with Crippen LogP contribution in [0.5, 0.6) is 0 Å². The van der Waals surface area contributed by atoms with Crippen LogP contribution in [-0.4, -0.2) is 23.8 Å². The van der Waals surface area contributed by atoms with Gasteiger partial charge >= 0.3 is 0 Å². The van der Waals surface area contributed by atoms with Crippen LogP contribution in [0.3, 0.4) is 0 Å². The Morgan fingerprint density at radius 2 is 1.89 bits per heavy atom. The van der Waals surface area contributed by atoms with Gasteiger partial charge in [0, 0.05) is 30.3 Å². The second-order valence-electron chi connectivity index (χ2n) is 6.03.